The Morgan fingerprint density at radius 3 is 2.46 bits per heavy atom. The Kier molecular flexibility index (Phi) is 4.37. The second-order valence-electron chi connectivity index (χ2n) is 6.85. The number of hydrogen-bond acceptors (Lipinski definition) is 3. The molecular formula is C19H21ClN2OS. The summed E-state index contributed by atoms with van der Waals surface area (Å²) in [6.07, 6.45) is 4.66. The lowest BCUT2D eigenvalue weighted by Crippen LogP contribution is -2.48. The molecule has 3 nitrogen and oxygen atoms in total. The molecule has 2 aromatic rings. The number of piperidine rings is 1. The van der Waals surface area contributed by atoms with Gasteiger partial charge in [0.1, 0.15) is 0 Å². The molecule has 1 N–H and O–H groups in total. The number of fused-ring (bicyclic) bond motifs is 2. The standard InChI is InChI=1S/C19H21ClN2OS/c1-22(16-10-14-6-7-15(11-16)21-14)19(23)18-9-8-17(24-18)12-2-4-13(20)5-3-12/h2-5,8-9,14-16,21H,6-7,10-11H2,1H3. The Balaban J connectivity index is 1.49. The Labute approximate surface area is 151 Å². The van der Waals surface area contributed by atoms with E-state index in [1.807, 2.05) is 48.3 Å². The first-order valence-electron chi connectivity index (χ1n) is 8.49. The summed E-state index contributed by atoms with van der Waals surface area (Å²) in [6, 6.07) is 13.3. The number of rotatable bonds is 3. The fraction of sp³-hybridized carbons (Fsp3) is 0.421. The Morgan fingerprint density at radius 1 is 1.12 bits per heavy atom. The number of nitrogens with one attached hydrogen (secondary N) is 1. The lowest BCUT2D eigenvalue weighted by atomic mass is 9.98. The summed E-state index contributed by atoms with van der Waals surface area (Å²) in [5.74, 6) is 0.145. The summed E-state index contributed by atoms with van der Waals surface area (Å²) >= 11 is 7.51. The zero-order chi connectivity index (χ0) is 16.7. The summed E-state index contributed by atoms with van der Waals surface area (Å²) in [5, 5.41) is 4.37. The largest absolute Gasteiger partial charge is 0.338 e. The van der Waals surface area contributed by atoms with E-state index in [4.69, 9.17) is 11.6 Å². The van der Waals surface area contributed by atoms with Crippen molar-refractivity contribution in [2.45, 2.75) is 43.8 Å². The van der Waals surface area contributed by atoms with E-state index in [1.54, 1.807) is 11.3 Å². The molecule has 2 aliphatic heterocycles. The summed E-state index contributed by atoms with van der Waals surface area (Å²) in [4.78, 5) is 16.8. The van der Waals surface area contributed by atoms with Crippen LogP contribution in [0, 0.1) is 0 Å². The third kappa shape index (κ3) is 3.10. The number of thiophene rings is 1. The fourth-order valence-corrected chi connectivity index (χ4v) is 5.03. The molecule has 2 fully saturated rings. The van der Waals surface area contributed by atoms with Gasteiger partial charge in [-0.3, -0.25) is 4.79 Å². The van der Waals surface area contributed by atoms with Crippen LogP contribution in [0.15, 0.2) is 36.4 Å². The molecule has 24 heavy (non-hydrogen) atoms. The van der Waals surface area contributed by atoms with Crippen LogP contribution in [0.3, 0.4) is 0 Å². The molecular weight excluding hydrogens is 340 g/mol. The molecule has 0 aliphatic carbocycles. The van der Waals surface area contributed by atoms with Gasteiger partial charge in [-0.15, -0.1) is 11.3 Å². The molecule has 0 spiro atoms. The number of halogens is 1. The number of carbonyl (C=O) groups excluding carboxylic acids is 1. The monoisotopic (exact) mass is 360 g/mol. The maximum absolute atomic E-state index is 12.9. The fourth-order valence-electron chi connectivity index (χ4n) is 3.91. The van der Waals surface area contributed by atoms with Crippen LogP contribution in [0.25, 0.3) is 10.4 Å². The number of nitrogens with zero attached hydrogens (tertiary/aromatic N) is 1. The predicted molar refractivity (Wildman–Crippen MR) is 99.8 cm³/mol. The third-order valence-corrected chi connectivity index (χ3v) is 6.64. The lowest BCUT2D eigenvalue weighted by molar-refractivity contribution is 0.0686. The first-order valence-corrected chi connectivity index (χ1v) is 9.68. The quantitative estimate of drug-likeness (QED) is 0.878. The maximum atomic E-state index is 12.9. The summed E-state index contributed by atoms with van der Waals surface area (Å²) in [5.41, 5.74) is 1.10. The summed E-state index contributed by atoms with van der Waals surface area (Å²) < 4.78 is 0. The van der Waals surface area contributed by atoms with Gasteiger partial charge >= 0.3 is 0 Å². The lowest BCUT2D eigenvalue weighted by Gasteiger charge is -2.35. The van der Waals surface area contributed by atoms with E-state index in [0.717, 1.165) is 33.2 Å². The number of hydrogen-bond donors (Lipinski definition) is 1. The van der Waals surface area contributed by atoms with Gasteiger partial charge in [-0.25, -0.2) is 0 Å². The molecule has 126 valence electrons. The Bertz CT molecular complexity index is 730. The molecule has 5 heteroatoms. The van der Waals surface area contributed by atoms with E-state index in [0.29, 0.717) is 18.1 Å². The molecule has 2 saturated heterocycles. The van der Waals surface area contributed by atoms with Gasteiger partial charge in [0.05, 0.1) is 4.88 Å². The average Bonchev–Trinajstić information content (AvgIpc) is 3.21. The van der Waals surface area contributed by atoms with Gasteiger partial charge in [0.15, 0.2) is 0 Å². The van der Waals surface area contributed by atoms with Gasteiger partial charge in [-0.1, -0.05) is 23.7 Å². The molecule has 2 atom stereocenters. The van der Waals surface area contributed by atoms with E-state index < -0.39 is 0 Å². The Morgan fingerprint density at radius 2 is 1.79 bits per heavy atom. The second-order valence-corrected chi connectivity index (χ2v) is 8.37. The minimum atomic E-state index is 0.145. The van der Waals surface area contributed by atoms with Crippen molar-refractivity contribution in [3.8, 4) is 10.4 Å². The van der Waals surface area contributed by atoms with Gasteiger partial charge in [-0.2, -0.15) is 0 Å². The first-order chi connectivity index (χ1) is 11.6. The van der Waals surface area contributed by atoms with Crippen molar-refractivity contribution in [2.75, 3.05) is 7.05 Å². The number of amides is 1. The van der Waals surface area contributed by atoms with E-state index in [9.17, 15) is 4.79 Å². The zero-order valence-corrected chi connectivity index (χ0v) is 15.2. The molecule has 1 aromatic heterocycles. The van der Waals surface area contributed by atoms with Crippen LogP contribution in [0.1, 0.15) is 35.4 Å². The normalized spacial score (nSPS) is 25.7. The zero-order valence-electron chi connectivity index (χ0n) is 13.7. The predicted octanol–water partition coefficient (Wildman–Crippen LogP) is 4.42. The first kappa shape index (κ1) is 16.1. The van der Waals surface area contributed by atoms with Crippen molar-refractivity contribution in [3.05, 3.63) is 46.3 Å². The highest BCUT2D eigenvalue weighted by atomic mass is 35.5. The van der Waals surface area contributed by atoms with Crippen molar-refractivity contribution in [3.63, 3.8) is 0 Å². The molecule has 2 aliphatic rings. The van der Waals surface area contributed by atoms with Crippen molar-refractivity contribution < 1.29 is 4.79 Å². The molecule has 0 saturated carbocycles. The molecule has 0 radical (unpaired) electrons. The number of benzene rings is 1. The van der Waals surface area contributed by atoms with Crippen LogP contribution in [0.4, 0.5) is 0 Å². The minimum Gasteiger partial charge on any atom is -0.338 e. The Hall–Kier alpha value is -1.36. The smallest absolute Gasteiger partial charge is 0.263 e. The topological polar surface area (TPSA) is 32.3 Å². The van der Waals surface area contributed by atoms with E-state index in [1.165, 1.54) is 12.8 Å². The molecule has 2 unspecified atom stereocenters. The average molecular weight is 361 g/mol. The van der Waals surface area contributed by atoms with Gasteiger partial charge < -0.3 is 10.2 Å². The van der Waals surface area contributed by atoms with Crippen LogP contribution in [0.2, 0.25) is 5.02 Å². The van der Waals surface area contributed by atoms with Crippen LogP contribution in [-0.4, -0.2) is 36.0 Å². The van der Waals surface area contributed by atoms with Crippen LogP contribution < -0.4 is 5.32 Å². The highest BCUT2D eigenvalue weighted by Crippen LogP contribution is 2.32. The molecule has 1 aromatic carbocycles. The van der Waals surface area contributed by atoms with Crippen molar-refractivity contribution in [2.24, 2.45) is 0 Å². The highest BCUT2D eigenvalue weighted by molar-refractivity contribution is 7.17. The number of carbonyl (C=O) groups is 1. The van der Waals surface area contributed by atoms with Gasteiger partial charge in [0.25, 0.3) is 5.91 Å². The van der Waals surface area contributed by atoms with Gasteiger partial charge in [-0.05, 0) is 55.5 Å². The van der Waals surface area contributed by atoms with Gasteiger partial charge in [0.2, 0.25) is 0 Å². The molecule has 1 amide bonds. The van der Waals surface area contributed by atoms with E-state index in [-0.39, 0.29) is 5.91 Å². The molecule has 4 rings (SSSR count). The van der Waals surface area contributed by atoms with Crippen LogP contribution in [0.5, 0.6) is 0 Å². The molecule has 2 bridgehead atoms. The van der Waals surface area contributed by atoms with E-state index >= 15 is 0 Å². The van der Waals surface area contributed by atoms with Crippen LogP contribution in [-0.2, 0) is 0 Å². The second kappa shape index (κ2) is 6.51. The van der Waals surface area contributed by atoms with Crippen molar-refractivity contribution in [1.82, 2.24) is 10.2 Å². The summed E-state index contributed by atoms with van der Waals surface area (Å²) in [6.45, 7) is 0. The van der Waals surface area contributed by atoms with Crippen molar-refractivity contribution >= 4 is 28.8 Å². The SMILES string of the molecule is CN(C(=O)c1ccc(-c2ccc(Cl)cc2)s1)C1CC2CCC(C1)N2. The van der Waals surface area contributed by atoms with Crippen LogP contribution >= 0.6 is 22.9 Å². The maximum Gasteiger partial charge on any atom is 0.263 e. The summed E-state index contributed by atoms with van der Waals surface area (Å²) in [7, 11) is 1.96. The minimum absolute atomic E-state index is 0.145. The van der Waals surface area contributed by atoms with E-state index in [2.05, 4.69) is 5.32 Å². The third-order valence-electron chi connectivity index (χ3n) is 5.26. The van der Waals surface area contributed by atoms with Gasteiger partial charge in [0, 0.05) is 35.1 Å². The molecule has 3 heterocycles. The van der Waals surface area contributed by atoms with Crippen molar-refractivity contribution in [1.29, 1.82) is 0 Å². The highest BCUT2D eigenvalue weighted by Gasteiger charge is 2.36.